The van der Waals surface area contributed by atoms with Crippen LogP contribution in [0.5, 0.6) is 0 Å². The number of piperidine rings is 1. The number of hydrogen-bond donors (Lipinski definition) is 1. The van der Waals surface area contributed by atoms with Crippen molar-refractivity contribution in [3.05, 3.63) is 64.7 Å². The number of hydrogen-bond acceptors (Lipinski definition) is 3. The van der Waals surface area contributed by atoms with Gasteiger partial charge >= 0.3 is 0 Å². The van der Waals surface area contributed by atoms with Crippen LogP contribution in [-0.4, -0.2) is 42.3 Å². The van der Waals surface area contributed by atoms with Crippen molar-refractivity contribution in [1.29, 1.82) is 0 Å². The van der Waals surface area contributed by atoms with Crippen LogP contribution >= 0.6 is 0 Å². The highest BCUT2D eigenvalue weighted by Gasteiger charge is 2.28. The van der Waals surface area contributed by atoms with E-state index in [9.17, 15) is 14.4 Å². The number of likely N-dealkylation sites (tertiary alicyclic amines) is 1. The molecule has 2 N–H and O–H groups in total. The smallest absolute Gasteiger partial charge is 0.258 e. The Bertz CT molecular complexity index is 993. The molecule has 0 atom stereocenters. The molecule has 0 unspecified atom stereocenters. The SMILES string of the molecule is Cc1cccc(C(=O)N2CCCc3cc(C(=O)N4CCC(C(N)=O)CC4)ccc32)c1. The maximum Gasteiger partial charge on any atom is 0.258 e. The Kier molecular flexibility index (Phi) is 5.57. The Labute approximate surface area is 176 Å². The number of rotatable bonds is 3. The third-order valence-corrected chi connectivity index (χ3v) is 6.14. The van der Waals surface area contributed by atoms with Crippen molar-refractivity contribution in [2.75, 3.05) is 24.5 Å². The van der Waals surface area contributed by atoms with E-state index in [1.54, 1.807) is 4.90 Å². The Morgan fingerprint density at radius 1 is 0.933 bits per heavy atom. The lowest BCUT2D eigenvalue weighted by Crippen LogP contribution is -2.41. The average Bonchev–Trinajstić information content (AvgIpc) is 2.77. The molecule has 2 heterocycles. The fourth-order valence-corrected chi connectivity index (χ4v) is 4.42. The molecule has 0 spiro atoms. The van der Waals surface area contributed by atoms with Crippen molar-refractivity contribution in [2.45, 2.75) is 32.6 Å². The summed E-state index contributed by atoms with van der Waals surface area (Å²) in [5, 5.41) is 0. The summed E-state index contributed by atoms with van der Waals surface area (Å²) in [6.45, 7) is 3.74. The number of primary amides is 1. The normalized spacial score (nSPS) is 16.8. The number of fused-ring (bicyclic) bond motifs is 1. The summed E-state index contributed by atoms with van der Waals surface area (Å²) in [5.41, 5.74) is 9.67. The number of carbonyl (C=O) groups is 3. The van der Waals surface area contributed by atoms with E-state index >= 15 is 0 Å². The van der Waals surface area contributed by atoms with Gasteiger partial charge in [-0.05, 0) is 68.5 Å². The van der Waals surface area contributed by atoms with Crippen LogP contribution in [0.1, 0.15) is 51.1 Å². The monoisotopic (exact) mass is 405 g/mol. The van der Waals surface area contributed by atoms with E-state index < -0.39 is 0 Å². The molecule has 0 aliphatic carbocycles. The van der Waals surface area contributed by atoms with Gasteiger partial charge < -0.3 is 15.5 Å². The van der Waals surface area contributed by atoms with E-state index in [0.717, 1.165) is 29.7 Å². The topological polar surface area (TPSA) is 83.7 Å². The van der Waals surface area contributed by atoms with Crippen molar-refractivity contribution in [3.8, 4) is 0 Å². The third kappa shape index (κ3) is 3.95. The first-order valence-corrected chi connectivity index (χ1v) is 10.5. The molecule has 30 heavy (non-hydrogen) atoms. The van der Waals surface area contributed by atoms with Crippen molar-refractivity contribution >= 4 is 23.4 Å². The number of aryl methyl sites for hydroxylation is 2. The van der Waals surface area contributed by atoms with E-state index in [2.05, 4.69) is 0 Å². The fourth-order valence-electron chi connectivity index (χ4n) is 4.42. The van der Waals surface area contributed by atoms with Crippen molar-refractivity contribution in [1.82, 2.24) is 4.90 Å². The summed E-state index contributed by atoms with van der Waals surface area (Å²) in [5.74, 6) is -0.455. The van der Waals surface area contributed by atoms with Gasteiger partial charge in [0.1, 0.15) is 0 Å². The fraction of sp³-hybridized carbons (Fsp3) is 0.375. The number of benzene rings is 2. The molecule has 1 saturated heterocycles. The highest BCUT2D eigenvalue weighted by molar-refractivity contribution is 6.07. The minimum absolute atomic E-state index is 0.00718. The maximum absolute atomic E-state index is 13.1. The van der Waals surface area contributed by atoms with Gasteiger partial charge in [0.2, 0.25) is 5.91 Å². The maximum atomic E-state index is 13.1. The molecular formula is C24H27N3O3. The first-order valence-electron chi connectivity index (χ1n) is 10.5. The summed E-state index contributed by atoms with van der Waals surface area (Å²) >= 11 is 0. The second kappa shape index (κ2) is 8.30. The van der Waals surface area contributed by atoms with Crippen LogP contribution in [0.25, 0.3) is 0 Å². The molecule has 2 aliphatic rings. The molecule has 2 aromatic carbocycles. The Morgan fingerprint density at radius 2 is 1.67 bits per heavy atom. The first kappa shape index (κ1) is 20.1. The number of amides is 3. The van der Waals surface area contributed by atoms with Gasteiger partial charge in [-0.25, -0.2) is 0 Å². The summed E-state index contributed by atoms with van der Waals surface area (Å²) in [6, 6.07) is 13.3. The van der Waals surface area contributed by atoms with E-state index in [4.69, 9.17) is 5.73 Å². The molecule has 2 aromatic rings. The van der Waals surface area contributed by atoms with Crippen molar-refractivity contribution in [3.63, 3.8) is 0 Å². The van der Waals surface area contributed by atoms with Crippen molar-refractivity contribution in [2.24, 2.45) is 11.7 Å². The van der Waals surface area contributed by atoms with Crippen LogP contribution in [-0.2, 0) is 11.2 Å². The average molecular weight is 405 g/mol. The molecule has 156 valence electrons. The quantitative estimate of drug-likeness (QED) is 0.852. The number of carbonyl (C=O) groups excluding carboxylic acids is 3. The lowest BCUT2D eigenvalue weighted by molar-refractivity contribution is -0.123. The summed E-state index contributed by atoms with van der Waals surface area (Å²) in [6.07, 6.45) is 2.94. The van der Waals surface area contributed by atoms with Gasteiger partial charge in [-0.3, -0.25) is 14.4 Å². The minimum atomic E-state index is -0.283. The van der Waals surface area contributed by atoms with Gasteiger partial charge in [0.25, 0.3) is 11.8 Å². The van der Waals surface area contributed by atoms with Crippen LogP contribution in [0.15, 0.2) is 42.5 Å². The Morgan fingerprint density at radius 3 is 2.37 bits per heavy atom. The first-order chi connectivity index (χ1) is 14.4. The lowest BCUT2D eigenvalue weighted by atomic mass is 9.94. The Balaban J connectivity index is 1.53. The van der Waals surface area contributed by atoms with Gasteiger partial charge in [-0.1, -0.05) is 17.7 Å². The Hall–Kier alpha value is -3.15. The molecule has 6 heteroatoms. The van der Waals surface area contributed by atoms with E-state index in [1.807, 2.05) is 54.3 Å². The van der Waals surface area contributed by atoms with Gasteiger partial charge in [0, 0.05) is 42.4 Å². The highest BCUT2D eigenvalue weighted by atomic mass is 16.2. The molecule has 2 aliphatic heterocycles. The predicted octanol–water partition coefficient (Wildman–Crippen LogP) is 2.93. The van der Waals surface area contributed by atoms with E-state index in [-0.39, 0.29) is 23.6 Å². The van der Waals surface area contributed by atoms with Gasteiger partial charge in [0.15, 0.2) is 0 Å². The molecular weight excluding hydrogens is 378 g/mol. The number of nitrogens with two attached hydrogens (primary N) is 1. The zero-order valence-electron chi connectivity index (χ0n) is 17.3. The molecule has 6 nitrogen and oxygen atoms in total. The number of nitrogens with zero attached hydrogens (tertiary/aromatic N) is 2. The molecule has 0 radical (unpaired) electrons. The molecule has 4 rings (SSSR count). The minimum Gasteiger partial charge on any atom is -0.369 e. The van der Waals surface area contributed by atoms with Crippen molar-refractivity contribution < 1.29 is 14.4 Å². The largest absolute Gasteiger partial charge is 0.369 e. The van der Waals surface area contributed by atoms with Gasteiger partial charge in [0.05, 0.1) is 0 Å². The molecule has 0 bridgehead atoms. The van der Waals surface area contributed by atoms with Crippen LogP contribution in [0.4, 0.5) is 5.69 Å². The summed E-state index contributed by atoms with van der Waals surface area (Å²) in [7, 11) is 0. The molecule has 0 aromatic heterocycles. The van der Waals surface area contributed by atoms with E-state index in [1.165, 1.54) is 0 Å². The predicted molar refractivity (Wildman–Crippen MR) is 115 cm³/mol. The summed E-state index contributed by atoms with van der Waals surface area (Å²) in [4.78, 5) is 41.0. The third-order valence-electron chi connectivity index (χ3n) is 6.14. The molecule has 1 fully saturated rings. The zero-order valence-corrected chi connectivity index (χ0v) is 17.3. The molecule has 3 amide bonds. The van der Waals surface area contributed by atoms with Crippen LogP contribution < -0.4 is 10.6 Å². The van der Waals surface area contributed by atoms with Crippen LogP contribution in [0.2, 0.25) is 0 Å². The zero-order chi connectivity index (χ0) is 21.3. The summed E-state index contributed by atoms with van der Waals surface area (Å²) < 4.78 is 0. The van der Waals surface area contributed by atoms with E-state index in [0.29, 0.717) is 43.6 Å². The highest BCUT2D eigenvalue weighted by Crippen LogP contribution is 2.30. The second-order valence-corrected chi connectivity index (χ2v) is 8.24. The molecule has 0 saturated carbocycles. The van der Waals surface area contributed by atoms with Crippen LogP contribution in [0, 0.1) is 12.8 Å². The van der Waals surface area contributed by atoms with Gasteiger partial charge in [-0.15, -0.1) is 0 Å². The standard InChI is InChI=1S/C24H27N3O3/c1-16-4-2-5-19(14-16)24(30)27-11-3-6-18-15-20(7-8-21(18)27)23(29)26-12-9-17(10-13-26)22(25)28/h2,4-5,7-8,14-15,17H,3,6,9-13H2,1H3,(H2,25,28). The number of anilines is 1. The van der Waals surface area contributed by atoms with Crippen LogP contribution in [0.3, 0.4) is 0 Å². The van der Waals surface area contributed by atoms with Gasteiger partial charge in [-0.2, -0.15) is 0 Å². The lowest BCUT2D eigenvalue weighted by Gasteiger charge is -2.32. The second-order valence-electron chi connectivity index (χ2n) is 8.24.